The highest BCUT2D eigenvalue weighted by atomic mass is 16.2. The van der Waals surface area contributed by atoms with Gasteiger partial charge < -0.3 is 11.1 Å². The summed E-state index contributed by atoms with van der Waals surface area (Å²) in [5.41, 5.74) is 6.31. The largest absolute Gasteiger partial charge is 0.369 e. The number of primary amides is 1. The quantitative estimate of drug-likeness (QED) is 0.650. The van der Waals surface area contributed by atoms with E-state index >= 15 is 0 Å². The fraction of sp³-hybridized carbons (Fsp3) is 0.714. The number of nitrogens with two attached hydrogens (primary N) is 1. The Hall–Kier alpha value is -1.32. The van der Waals surface area contributed by atoms with E-state index in [1.165, 1.54) is 0 Å². The number of rotatable bonds is 8. The van der Waals surface area contributed by atoms with E-state index in [4.69, 9.17) is 5.73 Å². The van der Waals surface area contributed by atoms with Gasteiger partial charge in [-0.1, -0.05) is 18.9 Å². The number of amides is 2. The van der Waals surface area contributed by atoms with E-state index in [1.807, 2.05) is 27.7 Å². The summed E-state index contributed by atoms with van der Waals surface area (Å²) in [5.74, 6) is -1.32. The van der Waals surface area contributed by atoms with Crippen molar-refractivity contribution in [3.8, 4) is 0 Å². The standard InChI is InChI=1S/C14H26N2O2/c1-6-7-11(13(15)17)12(8-9(2)3)14(18)16-10(4)5/h10-12H,2,6-8H2,1,3-5H3,(H2,15,17)(H,16,18)/t11-,12?/m0/s1. The lowest BCUT2D eigenvalue weighted by molar-refractivity contribution is -0.133. The Morgan fingerprint density at radius 1 is 1.28 bits per heavy atom. The summed E-state index contributed by atoms with van der Waals surface area (Å²) in [5, 5.41) is 2.85. The summed E-state index contributed by atoms with van der Waals surface area (Å²) >= 11 is 0. The van der Waals surface area contributed by atoms with Crippen molar-refractivity contribution in [2.24, 2.45) is 17.6 Å². The predicted molar refractivity (Wildman–Crippen MR) is 73.8 cm³/mol. The van der Waals surface area contributed by atoms with Crippen molar-refractivity contribution in [1.82, 2.24) is 5.32 Å². The molecule has 18 heavy (non-hydrogen) atoms. The maximum atomic E-state index is 12.1. The lowest BCUT2D eigenvalue weighted by Crippen LogP contribution is -2.42. The van der Waals surface area contributed by atoms with E-state index in [0.29, 0.717) is 12.8 Å². The van der Waals surface area contributed by atoms with Gasteiger partial charge in [0, 0.05) is 12.0 Å². The van der Waals surface area contributed by atoms with E-state index < -0.39 is 17.7 Å². The molecule has 4 heteroatoms. The second kappa shape index (κ2) is 7.90. The third-order valence-corrected chi connectivity index (χ3v) is 2.79. The van der Waals surface area contributed by atoms with Gasteiger partial charge in [0.15, 0.2) is 0 Å². The highest BCUT2D eigenvalue weighted by molar-refractivity contribution is 5.87. The molecule has 1 unspecified atom stereocenters. The Morgan fingerprint density at radius 2 is 1.83 bits per heavy atom. The Kier molecular flexibility index (Phi) is 7.32. The van der Waals surface area contributed by atoms with Gasteiger partial charge in [0.25, 0.3) is 0 Å². The molecular formula is C14H26N2O2. The molecule has 0 saturated heterocycles. The summed E-state index contributed by atoms with van der Waals surface area (Å²) < 4.78 is 0. The minimum absolute atomic E-state index is 0.0558. The minimum Gasteiger partial charge on any atom is -0.369 e. The van der Waals surface area contributed by atoms with Gasteiger partial charge in [-0.3, -0.25) is 9.59 Å². The molecule has 0 aliphatic rings. The Morgan fingerprint density at radius 3 is 2.17 bits per heavy atom. The molecular weight excluding hydrogens is 228 g/mol. The first-order valence-electron chi connectivity index (χ1n) is 6.53. The number of carbonyl (C=O) groups is 2. The fourth-order valence-electron chi connectivity index (χ4n) is 2.04. The normalized spacial score (nSPS) is 14.1. The molecule has 0 radical (unpaired) electrons. The molecule has 0 aromatic heterocycles. The van der Waals surface area contributed by atoms with Crippen LogP contribution in [0.15, 0.2) is 12.2 Å². The number of allylic oxidation sites excluding steroid dienone is 1. The summed E-state index contributed by atoms with van der Waals surface area (Å²) in [4.78, 5) is 23.7. The van der Waals surface area contributed by atoms with E-state index in [0.717, 1.165) is 12.0 Å². The third kappa shape index (κ3) is 5.84. The van der Waals surface area contributed by atoms with Crippen molar-refractivity contribution < 1.29 is 9.59 Å². The molecule has 2 amide bonds. The van der Waals surface area contributed by atoms with E-state index in [9.17, 15) is 9.59 Å². The van der Waals surface area contributed by atoms with Crippen LogP contribution in [0.3, 0.4) is 0 Å². The zero-order valence-corrected chi connectivity index (χ0v) is 12.0. The smallest absolute Gasteiger partial charge is 0.224 e. The first-order valence-corrected chi connectivity index (χ1v) is 6.53. The predicted octanol–water partition coefficient (Wildman–Crippen LogP) is 1.99. The lowest BCUT2D eigenvalue weighted by atomic mass is 9.83. The van der Waals surface area contributed by atoms with Crippen LogP contribution in [0, 0.1) is 11.8 Å². The summed E-state index contributed by atoms with van der Waals surface area (Å²) in [6, 6.07) is 0.0558. The molecule has 0 heterocycles. The van der Waals surface area contributed by atoms with Crippen molar-refractivity contribution in [2.45, 2.75) is 53.0 Å². The Balaban J connectivity index is 4.98. The van der Waals surface area contributed by atoms with Crippen molar-refractivity contribution in [2.75, 3.05) is 0 Å². The average molecular weight is 254 g/mol. The molecule has 0 fully saturated rings. The SMILES string of the molecule is C=C(C)CC(C(=O)NC(C)C)[C@H](CCC)C(N)=O. The van der Waals surface area contributed by atoms with Crippen molar-refractivity contribution >= 4 is 11.8 Å². The van der Waals surface area contributed by atoms with Crippen LogP contribution in [0.25, 0.3) is 0 Å². The van der Waals surface area contributed by atoms with E-state index in [-0.39, 0.29) is 11.9 Å². The fourth-order valence-corrected chi connectivity index (χ4v) is 2.04. The van der Waals surface area contributed by atoms with E-state index in [2.05, 4.69) is 11.9 Å². The topological polar surface area (TPSA) is 72.2 Å². The summed E-state index contributed by atoms with van der Waals surface area (Å²) in [6.07, 6.45) is 1.97. The molecule has 0 aliphatic carbocycles. The highest BCUT2D eigenvalue weighted by Gasteiger charge is 2.31. The van der Waals surface area contributed by atoms with Crippen molar-refractivity contribution in [3.63, 3.8) is 0 Å². The molecule has 0 aliphatic heterocycles. The number of hydrogen-bond acceptors (Lipinski definition) is 2. The van der Waals surface area contributed by atoms with Gasteiger partial charge in [-0.15, -0.1) is 6.58 Å². The molecule has 2 atom stereocenters. The van der Waals surface area contributed by atoms with Gasteiger partial charge in [-0.2, -0.15) is 0 Å². The number of carbonyl (C=O) groups excluding carboxylic acids is 2. The van der Waals surface area contributed by atoms with Crippen molar-refractivity contribution in [3.05, 3.63) is 12.2 Å². The van der Waals surface area contributed by atoms with Crippen LogP contribution in [-0.4, -0.2) is 17.9 Å². The second-order valence-corrected chi connectivity index (χ2v) is 5.23. The zero-order chi connectivity index (χ0) is 14.3. The monoisotopic (exact) mass is 254 g/mol. The molecule has 4 nitrogen and oxygen atoms in total. The van der Waals surface area contributed by atoms with Crippen molar-refractivity contribution in [1.29, 1.82) is 0 Å². The molecule has 0 saturated carbocycles. The molecule has 0 aromatic rings. The second-order valence-electron chi connectivity index (χ2n) is 5.23. The maximum absolute atomic E-state index is 12.1. The van der Waals surface area contributed by atoms with Crippen LogP contribution in [-0.2, 0) is 9.59 Å². The van der Waals surface area contributed by atoms with Gasteiger partial charge in [0.1, 0.15) is 0 Å². The molecule has 0 rings (SSSR count). The Bertz CT molecular complexity index is 311. The van der Waals surface area contributed by atoms with Crippen LogP contribution in [0.5, 0.6) is 0 Å². The first-order chi connectivity index (χ1) is 8.29. The van der Waals surface area contributed by atoms with Crippen LogP contribution in [0.2, 0.25) is 0 Å². The minimum atomic E-state index is -0.412. The summed E-state index contributed by atoms with van der Waals surface area (Å²) in [6.45, 7) is 11.5. The number of nitrogens with one attached hydrogen (secondary N) is 1. The van der Waals surface area contributed by atoms with Gasteiger partial charge in [-0.05, 0) is 33.6 Å². The Labute approximate surface area is 110 Å². The molecule has 0 aromatic carbocycles. The first kappa shape index (κ1) is 16.7. The lowest BCUT2D eigenvalue weighted by Gasteiger charge is -2.25. The molecule has 3 N–H and O–H groups in total. The van der Waals surface area contributed by atoms with Gasteiger partial charge >= 0.3 is 0 Å². The van der Waals surface area contributed by atoms with Crippen LogP contribution >= 0.6 is 0 Å². The van der Waals surface area contributed by atoms with Gasteiger partial charge in [-0.25, -0.2) is 0 Å². The zero-order valence-electron chi connectivity index (χ0n) is 12.0. The van der Waals surface area contributed by atoms with Crippen LogP contribution < -0.4 is 11.1 Å². The number of hydrogen-bond donors (Lipinski definition) is 2. The summed E-state index contributed by atoms with van der Waals surface area (Å²) in [7, 11) is 0. The maximum Gasteiger partial charge on any atom is 0.224 e. The molecule has 104 valence electrons. The van der Waals surface area contributed by atoms with Crippen LogP contribution in [0.1, 0.15) is 47.0 Å². The van der Waals surface area contributed by atoms with E-state index in [1.54, 1.807) is 0 Å². The average Bonchev–Trinajstić information content (AvgIpc) is 2.21. The highest BCUT2D eigenvalue weighted by Crippen LogP contribution is 2.24. The molecule has 0 bridgehead atoms. The van der Waals surface area contributed by atoms with Gasteiger partial charge in [0.2, 0.25) is 11.8 Å². The third-order valence-electron chi connectivity index (χ3n) is 2.79. The van der Waals surface area contributed by atoms with Crippen LogP contribution in [0.4, 0.5) is 0 Å². The van der Waals surface area contributed by atoms with Gasteiger partial charge in [0.05, 0.1) is 5.92 Å². The molecule has 0 spiro atoms.